The average Bonchev–Trinajstić information content (AvgIpc) is 3.02. The van der Waals surface area contributed by atoms with Gasteiger partial charge in [0.15, 0.2) is 16.7 Å². The molecule has 2 aromatic rings. The summed E-state index contributed by atoms with van der Waals surface area (Å²) >= 11 is 1.21. The number of halogens is 1. The van der Waals surface area contributed by atoms with Crippen LogP contribution in [0.3, 0.4) is 0 Å². The Morgan fingerprint density at radius 3 is 2.71 bits per heavy atom. The van der Waals surface area contributed by atoms with Crippen molar-refractivity contribution < 1.29 is 18.7 Å². The number of carbonyl (C=O) groups excluding carboxylic acids is 1. The lowest BCUT2D eigenvalue weighted by Gasteiger charge is -2.11. The Labute approximate surface area is 166 Å². The SMILES string of the molecule is C#CCOc1ccc(C=C2SC(=Nc3ccc(F)cc3)NC2=O)cc1OCC. The summed E-state index contributed by atoms with van der Waals surface area (Å²) in [6.07, 6.45) is 6.96. The third-order valence-corrected chi connectivity index (χ3v) is 4.49. The summed E-state index contributed by atoms with van der Waals surface area (Å²) in [5, 5.41) is 3.13. The quantitative estimate of drug-likeness (QED) is 0.589. The maximum Gasteiger partial charge on any atom is 0.264 e. The summed E-state index contributed by atoms with van der Waals surface area (Å²) in [5.74, 6) is 2.92. The Morgan fingerprint density at radius 2 is 2.00 bits per heavy atom. The van der Waals surface area contributed by atoms with Crippen LogP contribution in [0.4, 0.5) is 10.1 Å². The highest BCUT2D eigenvalue weighted by atomic mass is 32.2. The molecule has 7 heteroatoms. The first kappa shape index (κ1) is 19.5. The van der Waals surface area contributed by atoms with E-state index in [1.165, 1.54) is 23.9 Å². The Balaban J connectivity index is 1.81. The van der Waals surface area contributed by atoms with Crippen molar-refractivity contribution in [1.82, 2.24) is 5.32 Å². The molecule has 1 amide bonds. The van der Waals surface area contributed by atoms with Crippen molar-refractivity contribution in [3.05, 3.63) is 58.8 Å². The molecule has 3 rings (SSSR count). The maximum absolute atomic E-state index is 13.0. The van der Waals surface area contributed by atoms with Gasteiger partial charge in [0.05, 0.1) is 17.2 Å². The fourth-order valence-corrected chi connectivity index (χ4v) is 3.23. The standard InChI is InChI=1S/C21H17FN2O3S/c1-3-11-27-17-10-5-14(12-18(17)26-4-2)13-19-20(25)24-21(28-19)23-16-8-6-15(22)7-9-16/h1,5-10,12-13H,4,11H2,2H3,(H,23,24,25). The largest absolute Gasteiger partial charge is 0.490 e. The van der Waals surface area contributed by atoms with E-state index in [4.69, 9.17) is 15.9 Å². The van der Waals surface area contributed by atoms with Gasteiger partial charge in [-0.15, -0.1) is 6.42 Å². The molecule has 0 radical (unpaired) electrons. The minimum atomic E-state index is -0.340. The number of amides is 1. The molecule has 1 saturated heterocycles. The molecule has 142 valence electrons. The minimum absolute atomic E-state index is 0.141. The first-order valence-corrected chi connectivity index (χ1v) is 9.29. The van der Waals surface area contributed by atoms with Crippen molar-refractivity contribution in [3.63, 3.8) is 0 Å². The summed E-state index contributed by atoms with van der Waals surface area (Å²) in [7, 11) is 0. The molecular formula is C21H17FN2O3S. The van der Waals surface area contributed by atoms with Gasteiger partial charge < -0.3 is 14.8 Å². The molecule has 1 aliphatic heterocycles. The van der Waals surface area contributed by atoms with Gasteiger partial charge in [-0.25, -0.2) is 9.38 Å². The molecule has 0 atom stereocenters. The van der Waals surface area contributed by atoms with Crippen LogP contribution in [-0.4, -0.2) is 24.3 Å². The van der Waals surface area contributed by atoms with Gasteiger partial charge in [-0.2, -0.15) is 0 Å². The van der Waals surface area contributed by atoms with Gasteiger partial charge >= 0.3 is 0 Å². The highest BCUT2D eigenvalue weighted by molar-refractivity contribution is 8.18. The minimum Gasteiger partial charge on any atom is -0.490 e. The molecule has 5 nitrogen and oxygen atoms in total. The van der Waals surface area contributed by atoms with E-state index < -0.39 is 0 Å². The smallest absolute Gasteiger partial charge is 0.264 e. The zero-order chi connectivity index (χ0) is 19.9. The number of hydrogen-bond donors (Lipinski definition) is 1. The second-order valence-corrected chi connectivity index (χ2v) is 6.62. The van der Waals surface area contributed by atoms with Crippen molar-refractivity contribution in [3.8, 4) is 23.8 Å². The topological polar surface area (TPSA) is 59.9 Å². The fraction of sp³-hybridized carbons (Fsp3) is 0.143. The molecule has 0 bridgehead atoms. The monoisotopic (exact) mass is 396 g/mol. The number of terminal acetylenes is 1. The number of nitrogens with one attached hydrogen (secondary N) is 1. The number of thioether (sulfide) groups is 1. The highest BCUT2D eigenvalue weighted by Crippen LogP contribution is 2.32. The van der Waals surface area contributed by atoms with E-state index >= 15 is 0 Å². The van der Waals surface area contributed by atoms with Gasteiger partial charge in [0.1, 0.15) is 12.4 Å². The van der Waals surface area contributed by atoms with Crippen molar-refractivity contribution in [2.45, 2.75) is 6.92 Å². The molecule has 0 spiro atoms. The lowest BCUT2D eigenvalue weighted by Crippen LogP contribution is -2.19. The van der Waals surface area contributed by atoms with Gasteiger partial charge in [0.2, 0.25) is 0 Å². The highest BCUT2D eigenvalue weighted by Gasteiger charge is 2.24. The number of hydrogen-bond acceptors (Lipinski definition) is 5. The molecule has 1 fully saturated rings. The van der Waals surface area contributed by atoms with Gasteiger partial charge in [-0.05, 0) is 66.7 Å². The molecule has 1 N–H and O–H groups in total. The molecule has 1 heterocycles. The zero-order valence-corrected chi connectivity index (χ0v) is 15.9. The van der Waals surface area contributed by atoms with Gasteiger partial charge in [-0.3, -0.25) is 4.79 Å². The number of carbonyl (C=O) groups is 1. The number of amidine groups is 1. The van der Waals surface area contributed by atoms with Crippen molar-refractivity contribution in [2.24, 2.45) is 4.99 Å². The van der Waals surface area contributed by atoms with E-state index in [-0.39, 0.29) is 18.3 Å². The first-order valence-electron chi connectivity index (χ1n) is 8.47. The van der Waals surface area contributed by atoms with Gasteiger partial charge in [0.25, 0.3) is 5.91 Å². The maximum atomic E-state index is 13.0. The molecule has 0 unspecified atom stereocenters. The summed E-state index contributed by atoms with van der Waals surface area (Å²) < 4.78 is 24.0. The average molecular weight is 396 g/mol. The summed E-state index contributed by atoms with van der Waals surface area (Å²) in [6.45, 7) is 2.48. The van der Waals surface area contributed by atoms with E-state index in [1.807, 2.05) is 13.0 Å². The van der Waals surface area contributed by atoms with E-state index in [1.54, 1.807) is 30.3 Å². The molecule has 0 saturated carbocycles. The molecular weight excluding hydrogens is 379 g/mol. The lowest BCUT2D eigenvalue weighted by atomic mass is 10.2. The van der Waals surface area contributed by atoms with E-state index in [0.717, 1.165) is 5.56 Å². The van der Waals surface area contributed by atoms with E-state index in [2.05, 4.69) is 16.2 Å². The second kappa shape index (κ2) is 9.11. The zero-order valence-electron chi connectivity index (χ0n) is 15.1. The van der Waals surface area contributed by atoms with Crippen LogP contribution in [0.25, 0.3) is 6.08 Å². The second-order valence-electron chi connectivity index (χ2n) is 5.59. The number of ether oxygens (including phenoxy) is 2. The van der Waals surface area contributed by atoms with Crippen molar-refractivity contribution in [2.75, 3.05) is 13.2 Å². The van der Waals surface area contributed by atoms with Crippen LogP contribution in [0.2, 0.25) is 0 Å². The van der Waals surface area contributed by atoms with Crippen molar-refractivity contribution >= 4 is 34.6 Å². The number of rotatable bonds is 6. The molecule has 0 aliphatic carbocycles. The van der Waals surface area contributed by atoms with Crippen LogP contribution in [-0.2, 0) is 4.79 Å². The predicted octanol–water partition coefficient (Wildman–Crippen LogP) is 4.13. The molecule has 28 heavy (non-hydrogen) atoms. The normalized spacial score (nSPS) is 16.1. The number of benzene rings is 2. The van der Waals surface area contributed by atoms with Gasteiger partial charge in [0, 0.05) is 0 Å². The van der Waals surface area contributed by atoms with E-state index in [0.29, 0.717) is 33.9 Å². The molecule has 0 aromatic heterocycles. The van der Waals surface area contributed by atoms with Crippen LogP contribution < -0.4 is 14.8 Å². The lowest BCUT2D eigenvalue weighted by molar-refractivity contribution is -0.115. The number of aliphatic imine (C=N–C) groups is 1. The predicted molar refractivity (Wildman–Crippen MR) is 109 cm³/mol. The molecule has 2 aromatic carbocycles. The van der Waals surface area contributed by atoms with Crippen LogP contribution >= 0.6 is 11.8 Å². The van der Waals surface area contributed by atoms with Crippen LogP contribution in [0, 0.1) is 18.2 Å². The molecule has 1 aliphatic rings. The summed E-state index contributed by atoms with van der Waals surface area (Å²) in [5.41, 5.74) is 1.33. The van der Waals surface area contributed by atoms with Gasteiger partial charge in [-0.1, -0.05) is 12.0 Å². The third kappa shape index (κ3) is 4.93. The first-order chi connectivity index (χ1) is 13.6. The Bertz CT molecular complexity index is 978. The van der Waals surface area contributed by atoms with Crippen LogP contribution in [0.5, 0.6) is 11.5 Å². The Hall–Kier alpha value is -3.24. The van der Waals surface area contributed by atoms with E-state index in [9.17, 15) is 9.18 Å². The van der Waals surface area contributed by atoms with Crippen LogP contribution in [0.1, 0.15) is 12.5 Å². The van der Waals surface area contributed by atoms with Crippen molar-refractivity contribution in [1.29, 1.82) is 0 Å². The van der Waals surface area contributed by atoms with Crippen LogP contribution in [0.15, 0.2) is 52.4 Å². The Kier molecular flexibility index (Phi) is 6.35. The summed E-state index contributed by atoms with van der Waals surface area (Å²) in [6, 6.07) is 11.1. The summed E-state index contributed by atoms with van der Waals surface area (Å²) in [4.78, 5) is 17.0. The Morgan fingerprint density at radius 1 is 1.21 bits per heavy atom. The fourth-order valence-electron chi connectivity index (χ4n) is 2.39. The third-order valence-electron chi connectivity index (χ3n) is 3.58. The number of nitrogens with zero attached hydrogens (tertiary/aromatic N) is 1.